The van der Waals surface area contributed by atoms with Crippen LogP contribution in [0.3, 0.4) is 0 Å². The smallest absolute Gasteiger partial charge is 0.303 e. The van der Waals surface area contributed by atoms with Crippen molar-refractivity contribution in [1.82, 2.24) is 20.2 Å². The van der Waals surface area contributed by atoms with Crippen LogP contribution >= 0.6 is 0 Å². The monoisotopic (exact) mass is 264 g/mol. The van der Waals surface area contributed by atoms with Gasteiger partial charge in [0.25, 0.3) is 0 Å². The Morgan fingerprint density at radius 1 is 1.58 bits per heavy atom. The van der Waals surface area contributed by atoms with Gasteiger partial charge < -0.3 is 9.52 Å². The maximum atomic E-state index is 10.8. The Hall–Kier alpha value is -2.18. The molecule has 0 spiro atoms. The SMILES string of the molecule is CCC(CC(=O)O)Cn1nnnc1-c1occc1C. The van der Waals surface area contributed by atoms with E-state index in [1.165, 1.54) is 0 Å². The fraction of sp³-hybridized carbons (Fsp3) is 0.500. The molecule has 0 radical (unpaired) electrons. The van der Waals surface area contributed by atoms with Crippen molar-refractivity contribution in [1.29, 1.82) is 0 Å². The minimum atomic E-state index is -0.810. The zero-order valence-corrected chi connectivity index (χ0v) is 10.9. The van der Waals surface area contributed by atoms with Crippen LogP contribution in [-0.4, -0.2) is 31.3 Å². The molecule has 7 heteroatoms. The molecule has 0 saturated heterocycles. The van der Waals surface area contributed by atoms with Crippen LogP contribution in [0.15, 0.2) is 16.7 Å². The molecule has 2 aromatic heterocycles. The lowest BCUT2D eigenvalue weighted by atomic mass is 10.0. The molecular formula is C12H16N4O3. The Morgan fingerprint density at radius 3 is 2.95 bits per heavy atom. The summed E-state index contributed by atoms with van der Waals surface area (Å²) in [4.78, 5) is 10.8. The van der Waals surface area contributed by atoms with Crippen LogP contribution in [0.5, 0.6) is 0 Å². The topological polar surface area (TPSA) is 94.0 Å². The van der Waals surface area contributed by atoms with E-state index in [0.29, 0.717) is 18.1 Å². The Balaban J connectivity index is 2.20. The number of rotatable bonds is 6. The highest BCUT2D eigenvalue weighted by Gasteiger charge is 2.19. The van der Waals surface area contributed by atoms with Gasteiger partial charge in [-0.2, -0.15) is 0 Å². The summed E-state index contributed by atoms with van der Waals surface area (Å²) in [6, 6.07) is 1.84. The van der Waals surface area contributed by atoms with Gasteiger partial charge in [0, 0.05) is 13.0 Å². The second kappa shape index (κ2) is 5.64. The van der Waals surface area contributed by atoms with Gasteiger partial charge in [0.05, 0.1) is 6.26 Å². The normalized spacial score (nSPS) is 12.5. The van der Waals surface area contributed by atoms with Crippen molar-refractivity contribution < 1.29 is 14.3 Å². The van der Waals surface area contributed by atoms with E-state index >= 15 is 0 Å². The quantitative estimate of drug-likeness (QED) is 0.854. The number of hydrogen-bond donors (Lipinski definition) is 1. The van der Waals surface area contributed by atoms with Crippen LogP contribution < -0.4 is 0 Å². The van der Waals surface area contributed by atoms with Crippen LogP contribution in [0.4, 0.5) is 0 Å². The first kappa shape index (κ1) is 13.3. The van der Waals surface area contributed by atoms with Crippen LogP contribution in [0, 0.1) is 12.8 Å². The highest BCUT2D eigenvalue weighted by molar-refractivity contribution is 5.67. The van der Waals surface area contributed by atoms with Crippen LogP contribution in [0.25, 0.3) is 11.6 Å². The molecule has 0 saturated carbocycles. The maximum absolute atomic E-state index is 10.8. The number of aliphatic carboxylic acids is 1. The lowest BCUT2D eigenvalue weighted by Crippen LogP contribution is -2.16. The van der Waals surface area contributed by atoms with Gasteiger partial charge in [0.15, 0.2) is 5.76 Å². The van der Waals surface area contributed by atoms with Gasteiger partial charge in [0.2, 0.25) is 5.82 Å². The maximum Gasteiger partial charge on any atom is 0.303 e. The predicted octanol–water partition coefficient (Wildman–Crippen LogP) is 1.74. The second-order valence-electron chi connectivity index (χ2n) is 4.49. The van der Waals surface area contributed by atoms with Gasteiger partial charge in [-0.1, -0.05) is 13.3 Å². The second-order valence-corrected chi connectivity index (χ2v) is 4.49. The summed E-state index contributed by atoms with van der Waals surface area (Å²) in [5, 5.41) is 20.4. The molecule has 2 rings (SSSR count). The van der Waals surface area contributed by atoms with E-state index < -0.39 is 5.97 Å². The fourth-order valence-electron chi connectivity index (χ4n) is 1.92. The minimum Gasteiger partial charge on any atom is -0.481 e. The van der Waals surface area contributed by atoms with Crippen molar-refractivity contribution in [2.45, 2.75) is 33.2 Å². The molecule has 1 N–H and O–H groups in total. The summed E-state index contributed by atoms with van der Waals surface area (Å²) in [7, 11) is 0. The molecule has 0 amide bonds. The summed E-state index contributed by atoms with van der Waals surface area (Å²) in [6.07, 6.45) is 2.44. The molecule has 2 heterocycles. The molecule has 0 aliphatic heterocycles. The lowest BCUT2D eigenvalue weighted by Gasteiger charge is -2.12. The van der Waals surface area contributed by atoms with Gasteiger partial charge in [-0.05, 0) is 34.9 Å². The number of furan rings is 1. The van der Waals surface area contributed by atoms with Gasteiger partial charge in [0.1, 0.15) is 0 Å². The summed E-state index contributed by atoms with van der Waals surface area (Å²) in [5.41, 5.74) is 0.947. The largest absolute Gasteiger partial charge is 0.481 e. The van der Waals surface area contributed by atoms with E-state index in [1.807, 2.05) is 19.9 Å². The van der Waals surface area contributed by atoms with Crippen molar-refractivity contribution in [3.8, 4) is 11.6 Å². The molecule has 0 fully saturated rings. The number of tetrazole rings is 1. The Morgan fingerprint density at radius 2 is 2.37 bits per heavy atom. The summed E-state index contributed by atoms with van der Waals surface area (Å²) >= 11 is 0. The number of carboxylic acids is 1. The Labute approximate surface area is 110 Å². The zero-order chi connectivity index (χ0) is 13.8. The molecule has 0 bridgehead atoms. The van der Waals surface area contributed by atoms with Crippen molar-refractivity contribution in [2.24, 2.45) is 5.92 Å². The number of nitrogens with zero attached hydrogens (tertiary/aromatic N) is 4. The van der Waals surface area contributed by atoms with Gasteiger partial charge >= 0.3 is 5.97 Å². The molecule has 102 valence electrons. The van der Waals surface area contributed by atoms with Gasteiger partial charge in [-0.15, -0.1) is 5.10 Å². The third kappa shape index (κ3) is 2.98. The number of aryl methyl sites for hydroxylation is 1. The molecule has 0 aliphatic carbocycles. The van der Waals surface area contributed by atoms with Crippen LogP contribution in [0.2, 0.25) is 0 Å². The molecule has 1 atom stereocenters. The predicted molar refractivity (Wildman–Crippen MR) is 66.3 cm³/mol. The number of carboxylic acid groups (broad SMARTS) is 1. The molecule has 0 aliphatic rings. The van der Waals surface area contributed by atoms with Crippen molar-refractivity contribution in [2.75, 3.05) is 0 Å². The third-order valence-corrected chi connectivity index (χ3v) is 3.07. The highest BCUT2D eigenvalue weighted by atomic mass is 16.4. The first-order chi connectivity index (χ1) is 9.11. The number of hydrogen-bond acceptors (Lipinski definition) is 5. The minimum absolute atomic E-state index is 0.00461. The lowest BCUT2D eigenvalue weighted by molar-refractivity contribution is -0.138. The zero-order valence-electron chi connectivity index (χ0n) is 10.9. The average molecular weight is 264 g/mol. The Bertz CT molecular complexity index is 561. The number of carbonyl (C=O) groups is 1. The first-order valence-electron chi connectivity index (χ1n) is 6.14. The highest BCUT2D eigenvalue weighted by Crippen LogP contribution is 2.22. The van der Waals surface area contributed by atoms with E-state index in [0.717, 1.165) is 12.0 Å². The summed E-state index contributed by atoms with van der Waals surface area (Å²) in [5.74, 6) is 0.340. The van der Waals surface area contributed by atoms with Crippen molar-refractivity contribution in [3.63, 3.8) is 0 Å². The standard InChI is InChI=1S/C12H16N4O3/c1-3-9(6-10(17)18)7-16-12(13-14-15-16)11-8(2)4-5-19-11/h4-5,9H,3,6-7H2,1-2H3,(H,17,18). The van der Waals surface area contributed by atoms with E-state index in [1.54, 1.807) is 10.9 Å². The number of aromatic nitrogens is 4. The first-order valence-corrected chi connectivity index (χ1v) is 6.14. The molecule has 7 nitrogen and oxygen atoms in total. The summed E-state index contributed by atoms with van der Waals surface area (Å²) in [6.45, 7) is 4.33. The molecule has 1 unspecified atom stereocenters. The molecular weight excluding hydrogens is 248 g/mol. The fourth-order valence-corrected chi connectivity index (χ4v) is 1.92. The van der Waals surface area contributed by atoms with Gasteiger partial charge in [-0.3, -0.25) is 4.79 Å². The summed E-state index contributed by atoms with van der Waals surface area (Å²) < 4.78 is 6.97. The van der Waals surface area contributed by atoms with E-state index in [9.17, 15) is 4.79 Å². The van der Waals surface area contributed by atoms with Crippen LogP contribution in [-0.2, 0) is 11.3 Å². The van der Waals surface area contributed by atoms with E-state index in [-0.39, 0.29) is 12.3 Å². The van der Waals surface area contributed by atoms with Gasteiger partial charge in [-0.25, -0.2) is 4.68 Å². The average Bonchev–Trinajstić information content (AvgIpc) is 2.96. The van der Waals surface area contributed by atoms with Crippen molar-refractivity contribution >= 4 is 5.97 Å². The molecule has 0 aromatic carbocycles. The van der Waals surface area contributed by atoms with E-state index in [2.05, 4.69) is 15.5 Å². The van der Waals surface area contributed by atoms with E-state index in [4.69, 9.17) is 9.52 Å². The third-order valence-electron chi connectivity index (χ3n) is 3.07. The van der Waals surface area contributed by atoms with Crippen LogP contribution in [0.1, 0.15) is 25.3 Å². The molecule has 2 aromatic rings. The molecule has 19 heavy (non-hydrogen) atoms. The Kier molecular flexibility index (Phi) is 3.94. The van der Waals surface area contributed by atoms with Crippen molar-refractivity contribution in [3.05, 3.63) is 17.9 Å².